The van der Waals surface area contributed by atoms with Gasteiger partial charge in [-0.05, 0) is 70.1 Å². The normalized spacial score (nSPS) is 10.7. The first-order valence-electron chi connectivity index (χ1n) is 7.30. The van der Waals surface area contributed by atoms with Crippen LogP contribution in [0.1, 0.15) is 5.56 Å². The molecule has 0 bridgehead atoms. The predicted octanol–water partition coefficient (Wildman–Crippen LogP) is 5.48. The Morgan fingerprint density at radius 1 is 1.09 bits per heavy atom. The molecule has 3 aromatic rings. The number of amides is 1. The third-order valence-corrected chi connectivity index (χ3v) is 5.32. The molecule has 0 atom stereocenters. The summed E-state index contributed by atoms with van der Waals surface area (Å²) >= 11 is 3.84. The maximum Gasteiger partial charge on any atom is 0.234 e. The summed E-state index contributed by atoms with van der Waals surface area (Å²) in [5.41, 5.74) is 1.97. The molecule has 0 aliphatic carbocycles. The summed E-state index contributed by atoms with van der Waals surface area (Å²) in [7, 11) is 0. The Balaban J connectivity index is 1.69. The van der Waals surface area contributed by atoms with E-state index in [9.17, 15) is 4.79 Å². The standard InChI is InChI=1S/C19H16INOS/c1-13-11-15(20)9-10-17(13)21-19(22)12-23-18-8-4-6-14-5-2-3-7-16(14)18/h2-11H,12H2,1H3,(H,21,22). The first kappa shape index (κ1) is 16.3. The lowest BCUT2D eigenvalue weighted by Gasteiger charge is -2.09. The molecule has 4 heteroatoms. The Kier molecular flexibility index (Phi) is 5.23. The number of nitrogens with one attached hydrogen (secondary N) is 1. The topological polar surface area (TPSA) is 29.1 Å². The summed E-state index contributed by atoms with van der Waals surface area (Å²) in [6, 6.07) is 20.5. The summed E-state index contributed by atoms with van der Waals surface area (Å²) in [5.74, 6) is 0.423. The SMILES string of the molecule is Cc1cc(I)ccc1NC(=O)CSc1cccc2ccccc12. The molecule has 0 spiro atoms. The summed E-state index contributed by atoms with van der Waals surface area (Å²) in [5, 5.41) is 5.39. The average molecular weight is 433 g/mol. The Bertz CT molecular complexity index is 858. The van der Waals surface area contributed by atoms with Gasteiger partial charge in [0.2, 0.25) is 5.91 Å². The molecule has 1 amide bonds. The van der Waals surface area contributed by atoms with Crippen LogP contribution in [0.15, 0.2) is 65.6 Å². The molecule has 1 N–H and O–H groups in total. The molecule has 0 unspecified atom stereocenters. The van der Waals surface area contributed by atoms with Crippen LogP contribution in [-0.2, 0) is 4.79 Å². The van der Waals surface area contributed by atoms with Crippen LogP contribution >= 0.6 is 34.4 Å². The van der Waals surface area contributed by atoms with Crippen molar-refractivity contribution in [1.29, 1.82) is 0 Å². The molecule has 3 aromatic carbocycles. The fraction of sp³-hybridized carbons (Fsp3) is 0.105. The number of fused-ring (bicyclic) bond motifs is 1. The van der Waals surface area contributed by atoms with Gasteiger partial charge in [-0.1, -0.05) is 36.4 Å². The van der Waals surface area contributed by atoms with Crippen LogP contribution in [-0.4, -0.2) is 11.7 Å². The first-order valence-corrected chi connectivity index (χ1v) is 9.36. The molecule has 0 heterocycles. The van der Waals surface area contributed by atoms with E-state index in [-0.39, 0.29) is 5.91 Å². The lowest BCUT2D eigenvalue weighted by Crippen LogP contribution is -2.14. The van der Waals surface area contributed by atoms with Crippen molar-refractivity contribution in [1.82, 2.24) is 0 Å². The van der Waals surface area contributed by atoms with Crippen molar-refractivity contribution in [2.45, 2.75) is 11.8 Å². The van der Waals surface area contributed by atoms with Gasteiger partial charge in [-0.25, -0.2) is 0 Å². The van der Waals surface area contributed by atoms with Crippen molar-refractivity contribution in [3.05, 3.63) is 69.8 Å². The van der Waals surface area contributed by atoms with Crippen LogP contribution in [0.25, 0.3) is 10.8 Å². The lowest BCUT2D eigenvalue weighted by molar-refractivity contribution is -0.113. The van der Waals surface area contributed by atoms with Gasteiger partial charge in [-0.2, -0.15) is 0 Å². The molecule has 116 valence electrons. The van der Waals surface area contributed by atoms with Crippen LogP contribution in [0.4, 0.5) is 5.69 Å². The zero-order chi connectivity index (χ0) is 16.2. The molecule has 0 radical (unpaired) electrons. The number of hydrogen-bond donors (Lipinski definition) is 1. The minimum atomic E-state index is 0.0206. The van der Waals surface area contributed by atoms with Gasteiger partial charge >= 0.3 is 0 Å². The molecule has 23 heavy (non-hydrogen) atoms. The number of aryl methyl sites for hydroxylation is 1. The van der Waals surface area contributed by atoms with E-state index in [1.165, 1.54) is 14.3 Å². The fourth-order valence-corrected chi connectivity index (χ4v) is 3.94. The number of benzene rings is 3. The predicted molar refractivity (Wildman–Crippen MR) is 107 cm³/mol. The number of carbonyl (C=O) groups excluding carboxylic acids is 1. The number of rotatable bonds is 4. The quantitative estimate of drug-likeness (QED) is 0.436. The highest BCUT2D eigenvalue weighted by Gasteiger charge is 2.07. The van der Waals surface area contributed by atoms with E-state index in [4.69, 9.17) is 0 Å². The van der Waals surface area contributed by atoms with Gasteiger partial charge in [0.1, 0.15) is 0 Å². The summed E-state index contributed by atoms with van der Waals surface area (Å²) in [4.78, 5) is 13.4. The van der Waals surface area contributed by atoms with Crippen molar-refractivity contribution in [3.8, 4) is 0 Å². The molecule has 0 saturated carbocycles. The molecule has 0 aliphatic rings. The Labute approximate surface area is 153 Å². The van der Waals surface area contributed by atoms with Gasteiger partial charge in [-0.3, -0.25) is 4.79 Å². The Morgan fingerprint density at radius 2 is 1.87 bits per heavy atom. The third-order valence-electron chi connectivity index (χ3n) is 3.57. The number of carbonyl (C=O) groups is 1. The van der Waals surface area contributed by atoms with Crippen LogP contribution in [0, 0.1) is 10.5 Å². The van der Waals surface area contributed by atoms with Crippen molar-refractivity contribution in [3.63, 3.8) is 0 Å². The molecule has 0 saturated heterocycles. The van der Waals surface area contributed by atoms with Crippen LogP contribution < -0.4 is 5.32 Å². The largest absolute Gasteiger partial charge is 0.325 e. The summed E-state index contributed by atoms with van der Waals surface area (Å²) in [6.45, 7) is 2.01. The number of hydrogen-bond acceptors (Lipinski definition) is 2. The molecular weight excluding hydrogens is 417 g/mol. The highest BCUT2D eigenvalue weighted by molar-refractivity contribution is 14.1. The van der Waals surface area contributed by atoms with E-state index in [0.717, 1.165) is 16.1 Å². The average Bonchev–Trinajstić information content (AvgIpc) is 2.55. The van der Waals surface area contributed by atoms with E-state index in [0.29, 0.717) is 5.75 Å². The minimum Gasteiger partial charge on any atom is -0.325 e. The number of thioether (sulfide) groups is 1. The highest BCUT2D eigenvalue weighted by atomic mass is 127. The Hall–Kier alpha value is -1.53. The molecule has 2 nitrogen and oxygen atoms in total. The van der Waals surface area contributed by atoms with E-state index in [1.54, 1.807) is 11.8 Å². The minimum absolute atomic E-state index is 0.0206. The Morgan fingerprint density at radius 3 is 2.70 bits per heavy atom. The molecule has 0 fully saturated rings. The number of anilines is 1. The van der Waals surface area contributed by atoms with E-state index in [1.807, 2.05) is 37.3 Å². The molecule has 0 aromatic heterocycles. The zero-order valence-electron chi connectivity index (χ0n) is 12.7. The van der Waals surface area contributed by atoms with Crippen molar-refractivity contribution >= 4 is 56.7 Å². The fourth-order valence-electron chi connectivity index (χ4n) is 2.42. The maximum atomic E-state index is 12.2. The first-order chi connectivity index (χ1) is 11.1. The van der Waals surface area contributed by atoms with Gasteiger partial charge in [0.05, 0.1) is 5.75 Å². The zero-order valence-corrected chi connectivity index (χ0v) is 15.6. The lowest BCUT2D eigenvalue weighted by atomic mass is 10.1. The van der Waals surface area contributed by atoms with Crippen LogP contribution in [0.3, 0.4) is 0 Å². The highest BCUT2D eigenvalue weighted by Crippen LogP contribution is 2.28. The van der Waals surface area contributed by atoms with Crippen molar-refractivity contribution in [2.75, 3.05) is 11.1 Å². The smallest absolute Gasteiger partial charge is 0.234 e. The summed E-state index contributed by atoms with van der Waals surface area (Å²) in [6.07, 6.45) is 0. The number of halogens is 1. The van der Waals surface area contributed by atoms with E-state index < -0.39 is 0 Å². The van der Waals surface area contributed by atoms with E-state index >= 15 is 0 Å². The second-order valence-corrected chi connectivity index (χ2v) is 7.54. The van der Waals surface area contributed by atoms with Gasteiger partial charge in [-0.15, -0.1) is 11.8 Å². The van der Waals surface area contributed by atoms with Crippen LogP contribution in [0.5, 0.6) is 0 Å². The van der Waals surface area contributed by atoms with Gasteiger partial charge < -0.3 is 5.32 Å². The van der Waals surface area contributed by atoms with Gasteiger partial charge in [0.15, 0.2) is 0 Å². The summed E-state index contributed by atoms with van der Waals surface area (Å²) < 4.78 is 1.17. The van der Waals surface area contributed by atoms with Crippen molar-refractivity contribution in [2.24, 2.45) is 0 Å². The molecule has 3 rings (SSSR count). The van der Waals surface area contributed by atoms with Crippen molar-refractivity contribution < 1.29 is 4.79 Å². The monoisotopic (exact) mass is 433 g/mol. The molecule has 0 aliphatic heterocycles. The third kappa shape index (κ3) is 4.06. The second-order valence-electron chi connectivity index (χ2n) is 5.27. The van der Waals surface area contributed by atoms with E-state index in [2.05, 4.69) is 58.2 Å². The van der Waals surface area contributed by atoms with Crippen LogP contribution in [0.2, 0.25) is 0 Å². The van der Waals surface area contributed by atoms with Gasteiger partial charge in [0.25, 0.3) is 0 Å². The van der Waals surface area contributed by atoms with Gasteiger partial charge in [0, 0.05) is 14.2 Å². The molecular formula is C19H16INOS. The maximum absolute atomic E-state index is 12.2. The second kappa shape index (κ2) is 7.36.